The number of hydrogen-bond donors (Lipinski definition) is 1. The summed E-state index contributed by atoms with van der Waals surface area (Å²) in [4.78, 5) is 36.3. The number of carbonyl (C=O) groups is 3. The summed E-state index contributed by atoms with van der Waals surface area (Å²) in [7, 11) is -4.09. The summed E-state index contributed by atoms with van der Waals surface area (Å²) in [5.41, 5.74) is -1.13. The topological polar surface area (TPSA) is 133 Å². The number of carbonyl (C=O) groups excluding carboxylic acids is 3. The molecule has 0 aliphatic heterocycles. The molecule has 11 heteroatoms. The second kappa shape index (κ2) is 14.7. The van der Waals surface area contributed by atoms with Crippen LogP contribution in [0.4, 0.5) is 0 Å². The van der Waals surface area contributed by atoms with Gasteiger partial charge in [-0.05, 0) is 33.1 Å². The number of hydrogen-bond acceptors (Lipinski definition) is 8. The van der Waals surface area contributed by atoms with E-state index in [9.17, 15) is 22.8 Å². The summed E-state index contributed by atoms with van der Waals surface area (Å²) in [6.45, 7) is 10.8. The molecule has 0 aromatic rings. The monoisotopic (exact) mass is 458 g/mol. The molecule has 0 saturated carbocycles. The smallest absolute Gasteiger partial charge is 1.00 e. The van der Waals surface area contributed by atoms with Gasteiger partial charge in [-0.25, -0.2) is 9.59 Å². The molecule has 0 radical (unpaired) electrons. The van der Waals surface area contributed by atoms with Gasteiger partial charge in [0, 0.05) is 11.1 Å². The Morgan fingerprint density at radius 1 is 0.967 bits per heavy atom. The van der Waals surface area contributed by atoms with Crippen LogP contribution in [0.1, 0.15) is 47.9 Å². The Labute approximate surface area is 201 Å². The van der Waals surface area contributed by atoms with Gasteiger partial charge in [-0.2, -0.15) is 8.42 Å². The van der Waals surface area contributed by atoms with Crippen LogP contribution in [0.2, 0.25) is 0 Å². The van der Waals surface area contributed by atoms with Crippen LogP contribution >= 0.6 is 0 Å². The molecule has 30 heavy (non-hydrogen) atoms. The summed E-state index contributed by atoms with van der Waals surface area (Å²) in [5, 5.41) is 0. The Kier molecular flexibility index (Phi) is 15.2. The molecule has 168 valence electrons. The van der Waals surface area contributed by atoms with Gasteiger partial charge in [0.1, 0.15) is 18.6 Å². The van der Waals surface area contributed by atoms with Crippen LogP contribution in [0, 0.1) is 5.41 Å². The zero-order valence-electron chi connectivity index (χ0n) is 19.2. The average molecular weight is 459 g/mol. The van der Waals surface area contributed by atoms with Crippen molar-refractivity contribution in [3.05, 3.63) is 24.3 Å². The predicted octanol–water partition coefficient (Wildman–Crippen LogP) is -0.661. The van der Waals surface area contributed by atoms with Gasteiger partial charge < -0.3 is 15.6 Å². The molecule has 0 rings (SSSR count). The van der Waals surface area contributed by atoms with Crippen molar-refractivity contribution in [2.24, 2.45) is 5.41 Å². The van der Waals surface area contributed by atoms with Crippen LogP contribution in [-0.4, -0.2) is 56.5 Å². The molecule has 0 amide bonds. The molecule has 1 N–H and O–H groups in total. The molecule has 0 aromatic heterocycles. The molecule has 0 aliphatic rings. The molecule has 0 spiro atoms. The van der Waals surface area contributed by atoms with E-state index in [1.807, 2.05) is 0 Å². The number of esters is 3. The fraction of sp³-hybridized carbons (Fsp3) is 0.632. The first-order valence-electron chi connectivity index (χ1n) is 9.12. The molecular weight excluding hydrogens is 427 g/mol. The fourth-order valence-corrected chi connectivity index (χ4v) is 2.81. The van der Waals surface area contributed by atoms with Crippen LogP contribution in [-0.2, 0) is 38.7 Å². The quantitative estimate of drug-likeness (QED) is 0.0899. The minimum atomic E-state index is -4.09. The Balaban J connectivity index is -0.00000392. The second-order valence-electron chi connectivity index (χ2n) is 6.87. The summed E-state index contributed by atoms with van der Waals surface area (Å²) in [5.74, 6) is -2.58. The summed E-state index contributed by atoms with van der Waals surface area (Å²) >= 11 is 0. The third-order valence-electron chi connectivity index (χ3n) is 3.85. The van der Waals surface area contributed by atoms with Crippen molar-refractivity contribution < 1.29 is 72.5 Å². The van der Waals surface area contributed by atoms with E-state index in [-0.39, 0.29) is 81.2 Å². The number of ether oxygens (including phenoxy) is 3. The molecular formula is C19H31NaO9S. The zero-order chi connectivity index (χ0) is 22.7. The summed E-state index contributed by atoms with van der Waals surface area (Å²) in [6.07, 6.45) is 1.02. The average Bonchev–Trinajstić information content (AvgIpc) is 2.61. The van der Waals surface area contributed by atoms with E-state index in [1.54, 1.807) is 6.92 Å². The van der Waals surface area contributed by atoms with Crippen LogP contribution in [0.3, 0.4) is 0 Å². The third-order valence-corrected chi connectivity index (χ3v) is 4.65. The van der Waals surface area contributed by atoms with Gasteiger partial charge in [-0.1, -0.05) is 26.5 Å². The molecule has 0 atom stereocenters. The molecule has 9 nitrogen and oxygen atoms in total. The van der Waals surface area contributed by atoms with E-state index in [4.69, 9.17) is 18.8 Å². The Morgan fingerprint density at radius 3 is 1.80 bits per heavy atom. The van der Waals surface area contributed by atoms with Crippen LogP contribution < -0.4 is 29.6 Å². The van der Waals surface area contributed by atoms with Crippen molar-refractivity contribution >= 4 is 28.0 Å². The van der Waals surface area contributed by atoms with Crippen molar-refractivity contribution in [1.29, 1.82) is 0 Å². The van der Waals surface area contributed by atoms with E-state index >= 15 is 0 Å². The van der Waals surface area contributed by atoms with E-state index in [1.165, 1.54) is 13.8 Å². The second-order valence-corrected chi connectivity index (χ2v) is 8.44. The normalized spacial score (nSPS) is 11.1. The van der Waals surface area contributed by atoms with Gasteiger partial charge in [0.05, 0.1) is 12.4 Å². The van der Waals surface area contributed by atoms with E-state index in [0.29, 0.717) is 6.42 Å². The van der Waals surface area contributed by atoms with Crippen LogP contribution in [0.5, 0.6) is 0 Å². The molecule has 0 aliphatic carbocycles. The molecule has 0 fully saturated rings. The first-order valence-corrected chi connectivity index (χ1v) is 10.7. The summed E-state index contributed by atoms with van der Waals surface area (Å²) < 4.78 is 45.6. The Bertz CT molecular complexity index is 705. The largest absolute Gasteiger partial charge is 1.00 e. The summed E-state index contributed by atoms with van der Waals surface area (Å²) in [6, 6.07) is 0. The maximum atomic E-state index is 12.8. The molecule has 0 heterocycles. The number of unbranched alkanes of at least 4 members (excludes halogenated alkanes) is 1. The standard InChI is InChI=1S/C19H30O9S.Na.H/c1-6-9-19(12-27-16(20)14(2)3,13-28-17(21)15(4)5)18(22)26-10-7-8-11-29(23,24)25;;/h2,4,6-13H2,1,3,5H3,(H,23,24,25);;/q;+1;-1. The number of rotatable bonds is 14. The van der Waals surface area contributed by atoms with Gasteiger partial charge in [-0.3, -0.25) is 9.35 Å². The van der Waals surface area contributed by atoms with Gasteiger partial charge >= 0.3 is 47.5 Å². The minimum absolute atomic E-state index is 0. The first-order chi connectivity index (χ1) is 13.3. The maximum absolute atomic E-state index is 12.8. The van der Waals surface area contributed by atoms with E-state index in [2.05, 4.69) is 13.2 Å². The fourth-order valence-electron chi connectivity index (χ4n) is 2.24. The van der Waals surface area contributed by atoms with Crippen molar-refractivity contribution in [2.45, 2.75) is 46.5 Å². The van der Waals surface area contributed by atoms with Crippen molar-refractivity contribution in [3.8, 4) is 0 Å². The Hall–Kier alpha value is -1.20. The minimum Gasteiger partial charge on any atom is -1.00 e. The zero-order valence-corrected chi connectivity index (χ0v) is 21.0. The van der Waals surface area contributed by atoms with E-state index < -0.39 is 39.2 Å². The molecule has 0 bridgehead atoms. The third kappa shape index (κ3) is 12.5. The first kappa shape index (κ1) is 31.0. The van der Waals surface area contributed by atoms with E-state index in [0.717, 1.165) is 0 Å². The SMILES string of the molecule is C=C(C)C(=O)OCC(CCC)(COC(=O)C(=C)C)C(=O)OCCCCS(=O)(=O)O.[H-].[Na+]. The van der Waals surface area contributed by atoms with Crippen LogP contribution in [0.25, 0.3) is 0 Å². The predicted molar refractivity (Wildman–Crippen MR) is 107 cm³/mol. The van der Waals surface area contributed by atoms with Gasteiger partial charge in [0.25, 0.3) is 10.1 Å². The molecule has 0 unspecified atom stereocenters. The van der Waals surface area contributed by atoms with Gasteiger partial charge in [-0.15, -0.1) is 0 Å². The van der Waals surface area contributed by atoms with Crippen molar-refractivity contribution in [1.82, 2.24) is 0 Å². The molecule has 0 saturated heterocycles. The Morgan fingerprint density at radius 2 is 1.43 bits per heavy atom. The molecule has 0 aromatic carbocycles. The van der Waals surface area contributed by atoms with Crippen molar-refractivity contribution in [3.63, 3.8) is 0 Å². The maximum Gasteiger partial charge on any atom is 1.00 e. The van der Waals surface area contributed by atoms with Crippen molar-refractivity contribution in [2.75, 3.05) is 25.6 Å². The van der Waals surface area contributed by atoms with Gasteiger partial charge in [0.15, 0.2) is 0 Å². The van der Waals surface area contributed by atoms with Crippen LogP contribution in [0.15, 0.2) is 24.3 Å². The van der Waals surface area contributed by atoms with Gasteiger partial charge in [0.2, 0.25) is 0 Å².